The topological polar surface area (TPSA) is 58.6 Å². The molecule has 0 saturated heterocycles. The highest BCUT2D eigenvalue weighted by Crippen LogP contribution is 2.36. The van der Waals surface area contributed by atoms with Crippen LogP contribution in [0.4, 0.5) is 15.8 Å². The number of aryl methyl sites for hydroxylation is 1. The largest absolute Gasteiger partial charge is 0.381 e. The molecule has 0 spiro atoms. The molecule has 1 aliphatic carbocycles. The zero-order chi connectivity index (χ0) is 21.3. The summed E-state index contributed by atoms with van der Waals surface area (Å²) in [6, 6.07) is 11.7. The van der Waals surface area contributed by atoms with Crippen molar-refractivity contribution in [3.8, 4) is 0 Å². The summed E-state index contributed by atoms with van der Waals surface area (Å²) in [7, 11) is 1.69. The number of nitrogens with one attached hydrogen (secondary N) is 1. The number of hydrogen-bond acceptors (Lipinski definition) is 3. The Balaban J connectivity index is 1.47. The minimum atomic E-state index is -0.361. The highest BCUT2D eigenvalue weighted by molar-refractivity contribution is 5.98. The Hall–Kier alpha value is -2.73. The zero-order valence-corrected chi connectivity index (χ0v) is 17.4. The van der Waals surface area contributed by atoms with Crippen molar-refractivity contribution in [2.75, 3.05) is 23.9 Å². The normalized spacial score (nSPS) is 21.4. The number of ether oxygens (including phenoxy) is 1. The Kier molecular flexibility index (Phi) is 5.86. The molecule has 6 heteroatoms. The number of halogens is 1. The third-order valence-electron chi connectivity index (χ3n) is 6.27. The summed E-state index contributed by atoms with van der Waals surface area (Å²) < 4.78 is 18.4. The lowest BCUT2D eigenvalue weighted by atomic mass is 9.80. The molecule has 2 aliphatic rings. The monoisotopic (exact) mass is 410 g/mol. The number of carbonyl (C=O) groups excluding carboxylic acids is 2. The summed E-state index contributed by atoms with van der Waals surface area (Å²) in [5.41, 5.74) is 3.54. The van der Waals surface area contributed by atoms with Crippen molar-refractivity contribution >= 4 is 23.2 Å². The molecule has 1 fully saturated rings. The fraction of sp³-hybridized carbons (Fsp3) is 0.417. The van der Waals surface area contributed by atoms with Crippen LogP contribution in [0.15, 0.2) is 42.5 Å². The minimum Gasteiger partial charge on any atom is -0.381 e. The van der Waals surface area contributed by atoms with Crippen LogP contribution >= 0.6 is 0 Å². The highest BCUT2D eigenvalue weighted by Gasteiger charge is 2.38. The molecule has 30 heavy (non-hydrogen) atoms. The van der Waals surface area contributed by atoms with Crippen LogP contribution in [-0.4, -0.2) is 31.6 Å². The van der Waals surface area contributed by atoms with Gasteiger partial charge >= 0.3 is 0 Å². The van der Waals surface area contributed by atoms with E-state index >= 15 is 0 Å². The van der Waals surface area contributed by atoms with Crippen molar-refractivity contribution in [3.05, 3.63) is 59.4 Å². The highest BCUT2D eigenvalue weighted by atomic mass is 19.1. The van der Waals surface area contributed by atoms with Gasteiger partial charge in [-0.15, -0.1) is 0 Å². The van der Waals surface area contributed by atoms with Crippen LogP contribution in [-0.2, 0) is 20.7 Å². The van der Waals surface area contributed by atoms with E-state index in [1.54, 1.807) is 19.2 Å². The summed E-state index contributed by atoms with van der Waals surface area (Å²) in [6.45, 7) is 2.59. The molecular formula is C24H27FN2O3. The van der Waals surface area contributed by atoms with E-state index in [9.17, 15) is 14.0 Å². The van der Waals surface area contributed by atoms with Crippen molar-refractivity contribution in [2.24, 2.45) is 5.92 Å². The van der Waals surface area contributed by atoms with Gasteiger partial charge in [0.15, 0.2) is 0 Å². The van der Waals surface area contributed by atoms with Crippen molar-refractivity contribution < 1.29 is 18.7 Å². The number of hydrogen-bond donors (Lipinski definition) is 1. The SMILES string of the molecule is CO[C@H]1C[C@H](C(=O)N2CCCc3cc([C@H](C)C(=O)Nc4ccc(F)cc4)ccc32)C1. The van der Waals surface area contributed by atoms with Gasteiger partial charge in [-0.05, 0) is 74.1 Å². The van der Waals surface area contributed by atoms with E-state index in [0.717, 1.165) is 49.0 Å². The molecule has 5 nitrogen and oxygen atoms in total. The first-order valence-corrected chi connectivity index (χ1v) is 10.5. The fourth-order valence-electron chi connectivity index (χ4n) is 4.23. The number of amides is 2. The van der Waals surface area contributed by atoms with Crippen LogP contribution < -0.4 is 10.2 Å². The third-order valence-corrected chi connectivity index (χ3v) is 6.27. The smallest absolute Gasteiger partial charge is 0.231 e. The molecule has 0 unspecified atom stereocenters. The van der Waals surface area contributed by atoms with E-state index in [2.05, 4.69) is 5.32 Å². The fourth-order valence-corrected chi connectivity index (χ4v) is 4.23. The number of carbonyl (C=O) groups is 2. The standard InChI is InChI=1S/C24H27FN2O3/c1-15(23(28)26-20-8-6-19(25)7-9-20)16-5-10-22-17(12-16)4-3-11-27(22)24(29)18-13-21(14-18)30-2/h5-10,12,15,18,21H,3-4,11,13-14H2,1-2H3,(H,26,28)/t15-,18-,21-/m0/s1. The predicted octanol–water partition coefficient (Wildman–Crippen LogP) is 4.27. The molecular weight excluding hydrogens is 383 g/mol. The van der Waals surface area contributed by atoms with Gasteiger partial charge in [-0.25, -0.2) is 4.39 Å². The molecule has 158 valence electrons. The molecule has 0 radical (unpaired) electrons. The van der Waals surface area contributed by atoms with E-state index in [1.165, 1.54) is 12.1 Å². The minimum absolute atomic E-state index is 0.0426. The van der Waals surface area contributed by atoms with E-state index < -0.39 is 0 Å². The van der Waals surface area contributed by atoms with Crippen molar-refractivity contribution in [3.63, 3.8) is 0 Å². The Morgan fingerprint density at radius 2 is 1.90 bits per heavy atom. The van der Waals surface area contributed by atoms with Gasteiger partial charge in [0, 0.05) is 30.9 Å². The van der Waals surface area contributed by atoms with E-state index in [1.807, 2.05) is 30.0 Å². The van der Waals surface area contributed by atoms with Gasteiger partial charge in [0.1, 0.15) is 5.82 Å². The van der Waals surface area contributed by atoms with Gasteiger partial charge < -0.3 is 15.0 Å². The summed E-state index contributed by atoms with van der Waals surface area (Å²) in [6.07, 6.45) is 3.59. The summed E-state index contributed by atoms with van der Waals surface area (Å²) >= 11 is 0. The average molecular weight is 410 g/mol. The van der Waals surface area contributed by atoms with Gasteiger partial charge in [-0.2, -0.15) is 0 Å². The molecule has 1 heterocycles. The number of anilines is 2. The predicted molar refractivity (Wildman–Crippen MR) is 114 cm³/mol. The van der Waals surface area contributed by atoms with Gasteiger partial charge in [0.2, 0.25) is 11.8 Å². The maximum Gasteiger partial charge on any atom is 0.231 e. The molecule has 2 amide bonds. The number of fused-ring (bicyclic) bond motifs is 1. The maximum absolute atomic E-state index is 13.1. The van der Waals surface area contributed by atoms with Gasteiger partial charge in [0.05, 0.1) is 12.0 Å². The molecule has 1 atom stereocenters. The van der Waals surface area contributed by atoms with Gasteiger partial charge in [-0.1, -0.05) is 12.1 Å². The van der Waals surface area contributed by atoms with Crippen LogP contribution in [0.25, 0.3) is 0 Å². The van der Waals surface area contributed by atoms with Crippen molar-refractivity contribution in [2.45, 2.75) is 44.6 Å². The van der Waals surface area contributed by atoms with Crippen LogP contribution in [0.3, 0.4) is 0 Å². The Morgan fingerprint density at radius 3 is 2.60 bits per heavy atom. The van der Waals surface area contributed by atoms with E-state index in [0.29, 0.717) is 5.69 Å². The van der Waals surface area contributed by atoms with E-state index in [4.69, 9.17) is 4.74 Å². The second-order valence-electron chi connectivity index (χ2n) is 8.23. The van der Waals surface area contributed by atoms with Crippen molar-refractivity contribution in [1.82, 2.24) is 0 Å². The Labute approximate surface area is 176 Å². The summed E-state index contributed by atoms with van der Waals surface area (Å²) in [4.78, 5) is 27.5. The maximum atomic E-state index is 13.1. The lowest BCUT2D eigenvalue weighted by Gasteiger charge is -2.38. The summed E-state index contributed by atoms with van der Waals surface area (Å²) in [5, 5.41) is 2.83. The molecule has 2 aromatic rings. The van der Waals surface area contributed by atoms with Crippen molar-refractivity contribution in [1.29, 1.82) is 0 Å². The molecule has 1 aliphatic heterocycles. The van der Waals surface area contributed by atoms with Crippen LogP contribution in [0.2, 0.25) is 0 Å². The lowest BCUT2D eigenvalue weighted by Crippen LogP contribution is -2.46. The molecule has 0 bridgehead atoms. The molecule has 4 rings (SSSR count). The van der Waals surface area contributed by atoms with Gasteiger partial charge in [-0.3, -0.25) is 9.59 Å². The molecule has 1 saturated carbocycles. The number of nitrogens with zero attached hydrogens (tertiary/aromatic N) is 1. The Morgan fingerprint density at radius 1 is 1.17 bits per heavy atom. The molecule has 1 N–H and O–H groups in total. The average Bonchev–Trinajstić information content (AvgIpc) is 2.73. The van der Waals surface area contributed by atoms with E-state index in [-0.39, 0.29) is 35.6 Å². The molecule has 2 aromatic carbocycles. The van der Waals surface area contributed by atoms with Crippen LogP contribution in [0, 0.1) is 11.7 Å². The molecule has 0 aromatic heterocycles. The third kappa shape index (κ3) is 4.10. The first kappa shape index (κ1) is 20.5. The number of benzene rings is 2. The summed E-state index contributed by atoms with van der Waals surface area (Å²) in [5.74, 6) is -0.625. The first-order valence-electron chi connectivity index (χ1n) is 10.5. The lowest BCUT2D eigenvalue weighted by molar-refractivity contribution is -0.130. The second kappa shape index (κ2) is 8.56. The van der Waals surface area contributed by atoms with Crippen LogP contribution in [0.1, 0.15) is 43.2 Å². The number of rotatable bonds is 5. The van der Waals surface area contributed by atoms with Gasteiger partial charge in [0.25, 0.3) is 0 Å². The second-order valence-corrected chi connectivity index (χ2v) is 8.23. The number of methoxy groups -OCH3 is 1. The van der Waals surface area contributed by atoms with Crippen LogP contribution in [0.5, 0.6) is 0 Å². The quantitative estimate of drug-likeness (QED) is 0.801. The first-order chi connectivity index (χ1) is 14.5. The Bertz CT molecular complexity index is 938. The zero-order valence-electron chi connectivity index (χ0n) is 17.4.